The second-order valence-corrected chi connectivity index (χ2v) is 10.3. The Bertz CT molecular complexity index is 1160. The maximum absolute atomic E-state index is 13.4. The molecule has 0 radical (unpaired) electrons. The number of sulfonamides is 1. The SMILES string of the molecule is Cc1ccc(N(CC(=O)N[C@@H](CC(C)C)c2ccccc2)S(=O)(=O)c2ccc(F)cc2)cc1. The first-order valence-corrected chi connectivity index (χ1v) is 12.3. The Labute approximate surface area is 195 Å². The third-order valence-corrected chi connectivity index (χ3v) is 7.04. The largest absolute Gasteiger partial charge is 0.348 e. The van der Waals surface area contributed by atoms with E-state index in [2.05, 4.69) is 19.2 Å². The lowest BCUT2D eigenvalue weighted by Crippen LogP contribution is -2.42. The van der Waals surface area contributed by atoms with Crippen molar-refractivity contribution in [3.8, 4) is 0 Å². The second-order valence-electron chi connectivity index (χ2n) is 8.46. The highest BCUT2D eigenvalue weighted by molar-refractivity contribution is 7.92. The van der Waals surface area contributed by atoms with Crippen LogP contribution in [0, 0.1) is 18.7 Å². The van der Waals surface area contributed by atoms with Crippen LogP contribution in [0.4, 0.5) is 10.1 Å². The van der Waals surface area contributed by atoms with Crippen molar-refractivity contribution in [2.75, 3.05) is 10.8 Å². The van der Waals surface area contributed by atoms with Crippen LogP contribution >= 0.6 is 0 Å². The highest BCUT2D eigenvalue weighted by Gasteiger charge is 2.28. The molecule has 0 aromatic heterocycles. The molecule has 3 rings (SSSR count). The smallest absolute Gasteiger partial charge is 0.264 e. The summed E-state index contributed by atoms with van der Waals surface area (Å²) in [6.07, 6.45) is 0.713. The van der Waals surface area contributed by atoms with Crippen molar-refractivity contribution in [1.29, 1.82) is 0 Å². The fraction of sp³-hybridized carbons (Fsp3) is 0.269. The van der Waals surface area contributed by atoms with E-state index >= 15 is 0 Å². The van der Waals surface area contributed by atoms with E-state index in [1.54, 1.807) is 24.3 Å². The Kier molecular flexibility index (Phi) is 7.87. The Balaban J connectivity index is 1.91. The molecular weight excluding hydrogens is 439 g/mol. The molecule has 0 aliphatic rings. The van der Waals surface area contributed by atoms with Gasteiger partial charge in [0.15, 0.2) is 0 Å². The van der Waals surface area contributed by atoms with E-state index in [0.29, 0.717) is 18.0 Å². The molecule has 0 aliphatic heterocycles. The molecule has 1 N–H and O–H groups in total. The molecule has 1 atom stereocenters. The Morgan fingerprint density at radius 2 is 1.55 bits per heavy atom. The lowest BCUT2D eigenvalue weighted by atomic mass is 9.97. The highest BCUT2D eigenvalue weighted by Crippen LogP contribution is 2.25. The normalized spacial score (nSPS) is 12.4. The van der Waals surface area contributed by atoms with Crippen LogP contribution in [0.3, 0.4) is 0 Å². The molecule has 3 aromatic rings. The van der Waals surface area contributed by atoms with Gasteiger partial charge in [-0.1, -0.05) is 61.9 Å². The van der Waals surface area contributed by atoms with Gasteiger partial charge in [-0.2, -0.15) is 0 Å². The van der Waals surface area contributed by atoms with Crippen LogP contribution in [-0.4, -0.2) is 20.9 Å². The van der Waals surface area contributed by atoms with Crippen molar-refractivity contribution >= 4 is 21.6 Å². The van der Waals surface area contributed by atoms with Crippen molar-refractivity contribution < 1.29 is 17.6 Å². The quantitative estimate of drug-likeness (QED) is 0.467. The van der Waals surface area contributed by atoms with E-state index in [4.69, 9.17) is 0 Å². The second kappa shape index (κ2) is 10.6. The van der Waals surface area contributed by atoms with Crippen LogP contribution in [0.5, 0.6) is 0 Å². The molecule has 0 spiro atoms. The van der Waals surface area contributed by atoms with Gasteiger partial charge in [0.1, 0.15) is 12.4 Å². The summed E-state index contributed by atoms with van der Waals surface area (Å²) in [5.74, 6) is -0.629. The molecule has 0 heterocycles. The maximum Gasteiger partial charge on any atom is 0.264 e. The standard InChI is InChI=1S/C26H29FN2O3S/c1-19(2)17-25(21-7-5-4-6-8-21)28-26(30)18-29(23-13-9-20(3)10-14-23)33(31,32)24-15-11-22(27)12-16-24/h4-16,19,25H,17-18H2,1-3H3,(H,28,30)/t25-/m0/s1. The Hall–Kier alpha value is -3.19. The Morgan fingerprint density at radius 3 is 2.12 bits per heavy atom. The average molecular weight is 469 g/mol. The van der Waals surface area contributed by atoms with Crippen molar-refractivity contribution in [3.05, 3.63) is 95.8 Å². The first-order valence-electron chi connectivity index (χ1n) is 10.9. The summed E-state index contributed by atoms with van der Waals surface area (Å²) < 4.78 is 41.3. The molecule has 3 aromatic carbocycles. The van der Waals surface area contributed by atoms with Gasteiger partial charge in [-0.3, -0.25) is 9.10 Å². The van der Waals surface area contributed by atoms with E-state index in [-0.39, 0.29) is 10.9 Å². The van der Waals surface area contributed by atoms with Crippen molar-refractivity contribution in [2.24, 2.45) is 5.92 Å². The molecule has 0 saturated heterocycles. The van der Waals surface area contributed by atoms with E-state index in [9.17, 15) is 17.6 Å². The minimum Gasteiger partial charge on any atom is -0.348 e. The van der Waals surface area contributed by atoms with Gasteiger partial charge in [0.05, 0.1) is 16.6 Å². The summed E-state index contributed by atoms with van der Waals surface area (Å²) in [5.41, 5.74) is 2.28. The predicted octanol–water partition coefficient (Wildman–Crippen LogP) is 5.23. The number of carbonyl (C=O) groups is 1. The van der Waals surface area contributed by atoms with E-state index in [1.807, 2.05) is 37.3 Å². The number of nitrogens with one attached hydrogen (secondary N) is 1. The molecule has 0 unspecified atom stereocenters. The molecule has 7 heteroatoms. The zero-order valence-electron chi connectivity index (χ0n) is 19.0. The van der Waals surface area contributed by atoms with Crippen LogP contribution in [0.25, 0.3) is 0 Å². The monoisotopic (exact) mass is 468 g/mol. The van der Waals surface area contributed by atoms with E-state index in [0.717, 1.165) is 27.6 Å². The Morgan fingerprint density at radius 1 is 0.939 bits per heavy atom. The molecule has 5 nitrogen and oxygen atoms in total. The minimum absolute atomic E-state index is 0.0842. The number of hydrogen-bond acceptors (Lipinski definition) is 3. The maximum atomic E-state index is 13.4. The molecule has 0 saturated carbocycles. The topological polar surface area (TPSA) is 66.5 Å². The molecule has 0 bridgehead atoms. The average Bonchev–Trinajstić information content (AvgIpc) is 2.78. The van der Waals surface area contributed by atoms with Crippen molar-refractivity contribution in [1.82, 2.24) is 5.32 Å². The molecule has 1 amide bonds. The third kappa shape index (κ3) is 6.42. The van der Waals surface area contributed by atoms with Gasteiger partial charge in [0.2, 0.25) is 5.91 Å². The number of amides is 1. The number of rotatable bonds is 9. The van der Waals surface area contributed by atoms with Crippen LogP contribution in [0.15, 0.2) is 83.8 Å². The summed E-state index contributed by atoms with van der Waals surface area (Å²) in [5, 5.41) is 3.00. The lowest BCUT2D eigenvalue weighted by Gasteiger charge is -2.26. The van der Waals surface area contributed by atoms with E-state index in [1.165, 1.54) is 12.1 Å². The summed E-state index contributed by atoms with van der Waals surface area (Å²) in [7, 11) is -4.10. The number of benzene rings is 3. The van der Waals surface area contributed by atoms with Crippen molar-refractivity contribution in [3.63, 3.8) is 0 Å². The zero-order valence-corrected chi connectivity index (χ0v) is 19.8. The van der Waals surface area contributed by atoms with Gasteiger partial charge in [0.25, 0.3) is 10.0 Å². The van der Waals surface area contributed by atoms with Crippen LogP contribution < -0.4 is 9.62 Å². The van der Waals surface area contributed by atoms with Crippen LogP contribution in [0.2, 0.25) is 0 Å². The van der Waals surface area contributed by atoms with Gasteiger partial charge < -0.3 is 5.32 Å². The number of anilines is 1. The lowest BCUT2D eigenvalue weighted by molar-refractivity contribution is -0.120. The molecule has 174 valence electrons. The number of hydrogen-bond donors (Lipinski definition) is 1. The molecule has 33 heavy (non-hydrogen) atoms. The summed E-state index contributed by atoms with van der Waals surface area (Å²) in [4.78, 5) is 13.0. The summed E-state index contributed by atoms with van der Waals surface area (Å²) in [6.45, 7) is 5.63. The van der Waals surface area contributed by atoms with Gasteiger partial charge >= 0.3 is 0 Å². The van der Waals surface area contributed by atoms with Crippen LogP contribution in [0.1, 0.15) is 37.4 Å². The van der Waals surface area contributed by atoms with Gasteiger partial charge in [-0.05, 0) is 61.2 Å². The summed E-state index contributed by atoms with van der Waals surface area (Å²) in [6, 6.07) is 20.8. The minimum atomic E-state index is -4.10. The van der Waals surface area contributed by atoms with E-state index < -0.39 is 28.3 Å². The number of carbonyl (C=O) groups excluding carboxylic acids is 1. The number of halogens is 1. The zero-order chi connectivity index (χ0) is 24.0. The highest BCUT2D eigenvalue weighted by atomic mass is 32.2. The third-order valence-electron chi connectivity index (χ3n) is 5.26. The van der Waals surface area contributed by atoms with Crippen molar-refractivity contribution in [2.45, 2.75) is 38.1 Å². The molecule has 0 fully saturated rings. The number of aryl methyl sites for hydroxylation is 1. The van der Waals surface area contributed by atoms with Gasteiger partial charge in [0, 0.05) is 0 Å². The van der Waals surface area contributed by atoms with Gasteiger partial charge in [-0.15, -0.1) is 0 Å². The fourth-order valence-corrected chi connectivity index (χ4v) is 4.99. The first kappa shape index (κ1) is 24.5. The number of nitrogens with zero attached hydrogens (tertiary/aromatic N) is 1. The molecule has 0 aliphatic carbocycles. The van der Waals surface area contributed by atoms with Gasteiger partial charge in [-0.25, -0.2) is 12.8 Å². The molecular formula is C26H29FN2O3S. The predicted molar refractivity (Wildman–Crippen MR) is 129 cm³/mol. The van der Waals surface area contributed by atoms with Crippen LogP contribution in [-0.2, 0) is 14.8 Å². The fourth-order valence-electron chi connectivity index (χ4n) is 3.57. The first-order chi connectivity index (χ1) is 15.7. The summed E-state index contributed by atoms with van der Waals surface area (Å²) >= 11 is 0.